The number of nitrogens with one attached hydrogen (secondary N) is 1. The molecule has 0 bridgehead atoms. The molecule has 0 spiro atoms. The van der Waals surface area contributed by atoms with Crippen LogP contribution in [0, 0.1) is 13.8 Å². The first kappa shape index (κ1) is 21.7. The summed E-state index contributed by atoms with van der Waals surface area (Å²) < 4.78 is 11.6. The topological polar surface area (TPSA) is 51.5 Å². The van der Waals surface area contributed by atoms with E-state index < -0.39 is 0 Å². The van der Waals surface area contributed by atoms with Gasteiger partial charge in [0.25, 0.3) is 0 Å². The first-order valence-electron chi connectivity index (χ1n) is 10.6. The molecule has 4 nitrogen and oxygen atoms in total. The van der Waals surface area contributed by atoms with Gasteiger partial charge in [-0.3, -0.25) is 4.79 Å². The van der Waals surface area contributed by atoms with E-state index >= 15 is 0 Å². The Bertz CT molecular complexity index is 1060. The number of amides is 1. The largest absolute Gasteiger partial charge is 0.496 e. The number of carbonyl (C=O) groups is 1. The van der Waals surface area contributed by atoms with Crippen molar-refractivity contribution in [3.05, 3.63) is 59.4 Å². The number of unbranched alkanes of at least 4 members (excludes halogenated alkanes) is 2. The first-order chi connectivity index (χ1) is 14.5. The minimum absolute atomic E-state index is 0.0747. The van der Waals surface area contributed by atoms with Gasteiger partial charge in [0.2, 0.25) is 5.91 Å². The van der Waals surface area contributed by atoms with Gasteiger partial charge in [0.05, 0.1) is 13.4 Å². The maximum absolute atomic E-state index is 12.4. The zero-order valence-electron chi connectivity index (χ0n) is 18.6. The van der Waals surface area contributed by atoms with Gasteiger partial charge in [-0.2, -0.15) is 0 Å². The van der Waals surface area contributed by atoms with E-state index in [9.17, 15) is 4.79 Å². The summed E-state index contributed by atoms with van der Waals surface area (Å²) in [5.41, 5.74) is 6.86. The summed E-state index contributed by atoms with van der Waals surface area (Å²) in [5, 5.41) is 3.99. The number of benzene rings is 2. The van der Waals surface area contributed by atoms with E-state index in [2.05, 4.69) is 49.5 Å². The van der Waals surface area contributed by atoms with Crippen LogP contribution < -0.4 is 10.1 Å². The Morgan fingerprint density at radius 1 is 1.17 bits per heavy atom. The van der Waals surface area contributed by atoms with Crippen LogP contribution >= 0.6 is 0 Å². The van der Waals surface area contributed by atoms with E-state index in [0.29, 0.717) is 6.54 Å². The lowest BCUT2D eigenvalue weighted by atomic mass is 9.96. The predicted octanol–water partition coefficient (Wildman–Crippen LogP) is 6.43. The van der Waals surface area contributed by atoms with Gasteiger partial charge >= 0.3 is 0 Å². The van der Waals surface area contributed by atoms with Crippen molar-refractivity contribution in [1.82, 2.24) is 5.32 Å². The third-order valence-corrected chi connectivity index (χ3v) is 5.46. The van der Waals surface area contributed by atoms with E-state index in [-0.39, 0.29) is 5.91 Å². The molecule has 4 heteroatoms. The molecule has 0 radical (unpaired) electrons. The van der Waals surface area contributed by atoms with Crippen LogP contribution in [0.2, 0.25) is 0 Å². The minimum atomic E-state index is -0.0747. The lowest BCUT2D eigenvalue weighted by molar-refractivity contribution is -0.116. The fraction of sp³-hybridized carbons (Fsp3) is 0.346. The molecular formula is C26H31NO3. The highest BCUT2D eigenvalue weighted by Gasteiger charge is 2.18. The van der Waals surface area contributed by atoms with Gasteiger partial charge in [-0.15, -0.1) is 0 Å². The van der Waals surface area contributed by atoms with E-state index in [1.807, 2.05) is 13.8 Å². The highest BCUT2D eigenvalue weighted by molar-refractivity contribution is 6.01. The minimum Gasteiger partial charge on any atom is -0.496 e. The van der Waals surface area contributed by atoms with Crippen molar-refractivity contribution >= 4 is 22.4 Å². The molecule has 1 aromatic heterocycles. The molecule has 0 aliphatic carbocycles. The van der Waals surface area contributed by atoms with Crippen molar-refractivity contribution in [3.63, 3.8) is 0 Å². The Kier molecular flexibility index (Phi) is 6.99. The van der Waals surface area contributed by atoms with E-state index in [1.165, 1.54) is 5.56 Å². The number of furan rings is 1. The predicted molar refractivity (Wildman–Crippen MR) is 124 cm³/mol. The second-order valence-corrected chi connectivity index (χ2v) is 7.80. The fourth-order valence-corrected chi connectivity index (χ4v) is 3.74. The number of hydrogen-bond acceptors (Lipinski definition) is 3. The van der Waals surface area contributed by atoms with Crippen LogP contribution in [0.1, 0.15) is 49.8 Å². The molecule has 0 aliphatic heterocycles. The zero-order valence-corrected chi connectivity index (χ0v) is 18.6. The number of hydrogen-bond donors (Lipinski definition) is 1. The van der Waals surface area contributed by atoms with Gasteiger partial charge in [0.15, 0.2) is 0 Å². The van der Waals surface area contributed by atoms with Crippen molar-refractivity contribution in [2.75, 3.05) is 13.7 Å². The number of methoxy groups -OCH3 is 1. The highest BCUT2D eigenvalue weighted by atomic mass is 16.5. The highest BCUT2D eigenvalue weighted by Crippen LogP contribution is 2.40. The van der Waals surface area contributed by atoms with Crippen LogP contribution in [-0.2, 0) is 4.79 Å². The smallest absolute Gasteiger partial charge is 0.244 e. The van der Waals surface area contributed by atoms with Crippen LogP contribution in [0.4, 0.5) is 0 Å². The second-order valence-electron chi connectivity index (χ2n) is 7.80. The Morgan fingerprint density at radius 2 is 1.90 bits per heavy atom. The van der Waals surface area contributed by atoms with Crippen molar-refractivity contribution in [3.8, 4) is 16.9 Å². The van der Waals surface area contributed by atoms with Crippen molar-refractivity contribution < 1.29 is 13.9 Å². The standard InChI is InChI=1S/C26H31NO3/c1-6-7-8-13-27-24(28)14-18(3)21-15-22-23(20-11-9-17(2)10-12-20)16-30-26(22)19(4)25(21)29-5/h9-12,14-16H,6-8,13H2,1-5H3,(H,27,28)/b18-14+. The zero-order chi connectivity index (χ0) is 21.7. The number of allylic oxidation sites excluding steroid dienone is 1. The van der Waals surface area contributed by atoms with Gasteiger partial charge in [-0.05, 0) is 44.4 Å². The second kappa shape index (κ2) is 9.66. The molecule has 0 unspecified atom stereocenters. The lowest BCUT2D eigenvalue weighted by Gasteiger charge is -2.13. The van der Waals surface area contributed by atoms with Crippen LogP contribution in [0.3, 0.4) is 0 Å². The van der Waals surface area contributed by atoms with Gasteiger partial charge in [0.1, 0.15) is 11.3 Å². The Balaban J connectivity index is 2.01. The van der Waals surface area contributed by atoms with Crippen molar-refractivity contribution in [1.29, 1.82) is 0 Å². The number of fused-ring (bicyclic) bond motifs is 1. The average Bonchev–Trinajstić information content (AvgIpc) is 3.16. The molecule has 158 valence electrons. The summed E-state index contributed by atoms with van der Waals surface area (Å²) in [6.45, 7) is 8.86. The van der Waals surface area contributed by atoms with Gasteiger partial charge in [-0.1, -0.05) is 49.6 Å². The van der Waals surface area contributed by atoms with Gasteiger partial charge in [-0.25, -0.2) is 0 Å². The van der Waals surface area contributed by atoms with Crippen LogP contribution in [0.15, 0.2) is 47.1 Å². The fourth-order valence-electron chi connectivity index (χ4n) is 3.74. The maximum atomic E-state index is 12.4. The molecule has 3 rings (SSSR count). The normalized spacial score (nSPS) is 11.7. The summed E-state index contributed by atoms with van der Waals surface area (Å²) in [7, 11) is 1.65. The van der Waals surface area contributed by atoms with Gasteiger partial charge < -0.3 is 14.5 Å². The molecule has 0 aliphatic rings. The molecular weight excluding hydrogens is 374 g/mol. The number of carbonyl (C=O) groups excluding carboxylic acids is 1. The Labute approximate surface area is 178 Å². The molecule has 1 amide bonds. The summed E-state index contributed by atoms with van der Waals surface area (Å²) >= 11 is 0. The molecule has 30 heavy (non-hydrogen) atoms. The summed E-state index contributed by atoms with van der Waals surface area (Å²) in [4.78, 5) is 12.4. The number of rotatable bonds is 8. The Morgan fingerprint density at radius 3 is 2.57 bits per heavy atom. The van der Waals surface area contributed by atoms with Crippen LogP contribution in [0.5, 0.6) is 5.75 Å². The molecule has 0 saturated carbocycles. The van der Waals surface area contributed by atoms with Crippen molar-refractivity contribution in [2.45, 2.75) is 47.0 Å². The molecule has 0 saturated heterocycles. The number of aryl methyl sites for hydroxylation is 2. The monoisotopic (exact) mass is 405 g/mol. The third-order valence-electron chi connectivity index (χ3n) is 5.46. The summed E-state index contributed by atoms with van der Waals surface area (Å²) in [6.07, 6.45) is 6.70. The first-order valence-corrected chi connectivity index (χ1v) is 10.6. The van der Waals surface area contributed by atoms with E-state index in [1.54, 1.807) is 19.4 Å². The van der Waals surface area contributed by atoms with E-state index in [4.69, 9.17) is 9.15 Å². The van der Waals surface area contributed by atoms with E-state index in [0.717, 1.165) is 63.8 Å². The summed E-state index contributed by atoms with van der Waals surface area (Å²) in [6, 6.07) is 10.5. The molecule has 0 fully saturated rings. The summed E-state index contributed by atoms with van der Waals surface area (Å²) in [5.74, 6) is 0.661. The van der Waals surface area contributed by atoms with Crippen LogP contribution in [0.25, 0.3) is 27.7 Å². The third kappa shape index (κ3) is 4.59. The SMILES string of the molecule is CCCCCNC(=O)/C=C(\C)c1cc2c(-c3ccc(C)cc3)coc2c(C)c1OC. The maximum Gasteiger partial charge on any atom is 0.244 e. The Hall–Kier alpha value is -3.01. The van der Waals surface area contributed by atoms with Gasteiger partial charge in [0, 0.05) is 34.7 Å². The molecule has 1 N–H and O–H groups in total. The quantitative estimate of drug-likeness (QED) is 0.347. The molecule has 3 aromatic rings. The molecule has 2 aromatic carbocycles. The van der Waals surface area contributed by atoms with Crippen LogP contribution in [-0.4, -0.2) is 19.6 Å². The average molecular weight is 406 g/mol. The molecule has 0 atom stereocenters. The van der Waals surface area contributed by atoms with Crippen molar-refractivity contribution in [2.24, 2.45) is 0 Å². The lowest BCUT2D eigenvalue weighted by Crippen LogP contribution is -2.22. The number of ether oxygens (including phenoxy) is 1. The molecule has 1 heterocycles.